The van der Waals surface area contributed by atoms with Crippen LogP contribution < -0.4 is 10.6 Å². The minimum atomic E-state index is -0.776. The lowest BCUT2D eigenvalue weighted by Gasteiger charge is -2.25. The zero-order valence-electron chi connectivity index (χ0n) is 19.2. The molecule has 3 aromatic rings. The first-order chi connectivity index (χ1) is 16.0. The summed E-state index contributed by atoms with van der Waals surface area (Å²) in [5, 5.41) is 20.0. The highest BCUT2D eigenvalue weighted by Gasteiger charge is 2.28. The number of hydrogen-bond donors (Lipinski definition) is 3. The molecule has 1 amide bonds. The fourth-order valence-electron chi connectivity index (χ4n) is 3.17. The first-order valence-corrected chi connectivity index (χ1v) is 11.3. The third kappa shape index (κ3) is 7.24. The van der Waals surface area contributed by atoms with Gasteiger partial charge in [-0.25, -0.2) is 0 Å². The van der Waals surface area contributed by atoms with Crippen LogP contribution in [0.1, 0.15) is 33.3 Å². The number of benzene rings is 2. The number of aromatic nitrogens is 4. The number of tetrazole rings is 1. The Kier molecular flexibility index (Phi) is 8.24. The van der Waals surface area contributed by atoms with Crippen LogP contribution in [0.25, 0.3) is 11.1 Å². The van der Waals surface area contributed by atoms with Crippen molar-refractivity contribution in [1.82, 2.24) is 25.9 Å². The molecule has 1 aromatic heterocycles. The molecule has 0 radical (unpaired) electrons. The van der Waals surface area contributed by atoms with E-state index < -0.39 is 29.6 Å². The monoisotopic (exact) mass is 504 g/mol. The number of halogens is 2. The highest BCUT2D eigenvalue weighted by atomic mass is 35.5. The van der Waals surface area contributed by atoms with Gasteiger partial charge in [-0.2, -0.15) is 5.21 Å². The fourth-order valence-corrected chi connectivity index (χ4v) is 3.57. The van der Waals surface area contributed by atoms with Crippen molar-refractivity contribution in [1.29, 1.82) is 0 Å². The molecule has 34 heavy (non-hydrogen) atoms. The number of rotatable bonds is 8. The van der Waals surface area contributed by atoms with Crippen LogP contribution in [-0.2, 0) is 20.7 Å². The van der Waals surface area contributed by atoms with E-state index in [0.717, 1.165) is 16.7 Å². The van der Waals surface area contributed by atoms with E-state index in [1.165, 1.54) is 0 Å². The van der Waals surface area contributed by atoms with Gasteiger partial charge in [-0.1, -0.05) is 52.6 Å². The predicted octanol–water partition coefficient (Wildman–Crippen LogP) is 4.04. The Labute approximate surface area is 207 Å². The van der Waals surface area contributed by atoms with Gasteiger partial charge in [0.1, 0.15) is 11.6 Å². The molecule has 2 aromatic carbocycles. The van der Waals surface area contributed by atoms with Gasteiger partial charge in [-0.05, 0) is 68.7 Å². The van der Waals surface area contributed by atoms with E-state index >= 15 is 0 Å². The second-order valence-corrected chi connectivity index (χ2v) is 9.57. The average molecular weight is 505 g/mol. The Morgan fingerprint density at radius 3 is 2.44 bits per heavy atom. The molecule has 11 heteroatoms. The number of aromatic amines is 1. The smallest absolute Gasteiger partial charge is 0.323 e. The Hall–Kier alpha value is -3.01. The van der Waals surface area contributed by atoms with E-state index in [1.54, 1.807) is 45.9 Å². The number of carbonyl (C=O) groups is 2. The number of nitrogens with zero attached hydrogens (tertiary/aromatic N) is 3. The van der Waals surface area contributed by atoms with E-state index in [9.17, 15) is 9.59 Å². The molecule has 0 aliphatic rings. The minimum Gasteiger partial charge on any atom is -0.459 e. The average Bonchev–Trinajstić information content (AvgIpc) is 3.27. The Morgan fingerprint density at radius 2 is 1.82 bits per heavy atom. The lowest BCUT2D eigenvalue weighted by atomic mass is 10.00. The molecule has 0 aliphatic carbocycles. The molecule has 0 aliphatic heterocycles. The van der Waals surface area contributed by atoms with Crippen molar-refractivity contribution < 1.29 is 14.3 Å². The number of carbonyl (C=O) groups excluding carboxylic acids is 2. The summed E-state index contributed by atoms with van der Waals surface area (Å²) >= 11 is 12.4. The zero-order valence-corrected chi connectivity index (χ0v) is 20.7. The number of H-pyrrole nitrogens is 1. The first-order valence-electron chi connectivity index (χ1n) is 10.6. The molecule has 1 unspecified atom stereocenters. The number of amides is 1. The van der Waals surface area contributed by atoms with E-state index in [0.29, 0.717) is 16.5 Å². The van der Waals surface area contributed by atoms with Crippen molar-refractivity contribution in [3.63, 3.8) is 0 Å². The summed E-state index contributed by atoms with van der Waals surface area (Å²) in [6.07, 6.45) is 0.292. The Morgan fingerprint density at radius 1 is 1.12 bits per heavy atom. The van der Waals surface area contributed by atoms with Gasteiger partial charge >= 0.3 is 5.97 Å². The lowest BCUT2D eigenvalue weighted by Crippen LogP contribution is -2.50. The summed E-state index contributed by atoms with van der Waals surface area (Å²) in [4.78, 5) is 25.4. The number of nitrogens with one attached hydrogen (secondary N) is 3. The normalized spacial score (nSPS) is 13.2. The minimum absolute atomic E-state index is 0.0349. The SMILES string of the molecule is CC(N[C@H](Cc1ccc(-c2cc(Cl)ccc2Cl)cc1)C(=O)Nc1nn[nH]n1)C(=O)OC(C)(C)C. The second kappa shape index (κ2) is 10.9. The maximum absolute atomic E-state index is 12.9. The summed E-state index contributed by atoms with van der Waals surface area (Å²) < 4.78 is 5.43. The van der Waals surface area contributed by atoms with Crippen LogP contribution in [0.3, 0.4) is 0 Å². The van der Waals surface area contributed by atoms with E-state index in [4.69, 9.17) is 27.9 Å². The van der Waals surface area contributed by atoms with Gasteiger partial charge in [0.15, 0.2) is 0 Å². The largest absolute Gasteiger partial charge is 0.459 e. The van der Waals surface area contributed by atoms with E-state index in [2.05, 4.69) is 31.3 Å². The second-order valence-electron chi connectivity index (χ2n) is 8.72. The predicted molar refractivity (Wildman–Crippen MR) is 131 cm³/mol. The summed E-state index contributed by atoms with van der Waals surface area (Å²) in [5.41, 5.74) is 1.91. The zero-order chi connectivity index (χ0) is 24.9. The molecular weight excluding hydrogens is 479 g/mol. The van der Waals surface area contributed by atoms with Crippen molar-refractivity contribution in [2.75, 3.05) is 5.32 Å². The number of anilines is 1. The van der Waals surface area contributed by atoms with Crippen LogP contribution in [0.2, 0.25) is 10.0 Å². The molecule has 1 heterocycles. The molecule has 0 saturated carbocycles. The van der Waals surface area contributed by atoms with Gasteiger partial charge in [0.2, 0.25) is 5.91 Å². The third-order valence-electron chi connectivity index (χ3n) is 4.74. The molecule has 3 N–H and O–H groups in total. The van der Waals surface area contributed by atoms with Crippen LogP contribution in [0, 0.1) is 0 Å². The fraction of sp³-hybridized carbons (Fsp3) is 0.348. The Bertz CT molecular complexity index is 1130. The number of hydrogen-bond acceptors (Lipinski definition) is 7. The van der Waals surface area contributed by atoms with Crippen LogP contribution in [-0.4, -0.2) is 50.2 Å². The van der Waals surface area contributed by atoms with Crippen molar-refractivity contribution >= 4 is 41.0 Å². The quantitative estimate of drug-likeness (QED) is 0.395. The first kappa shape index (κ1) is 25.6. The molecule has 2 atom stereocenters. The molecule has 0 spiro atoms. The standard InChI is InChI=1S/C23H26Cl2N6O3/c1-13(21(33)34-23(2,3)4)26-19(20(32)27-22-28-30-31-29-22)11-14-5-7-15(8-6-14)17-12-16(24)9-10-18(17)25/h5-10,12-13,19,26H,11H2,1-4H3,(H2,27,28,29,30,31,32)/t13?,19-/m1/s1. The summed E-state index contributed by atoms with van der Waals surface area (Å²) in [5.74, 6) is -0.845. The molecule has 0 saturated heterocycles. The molecule has 0 fully saturated rings. The Balaban J connectivity index is 1.78. The van der Waals surface area contributed by atoms with Gasteiger partial charge in [0.25, 0.3) is 5.95 Å². The molecule has 9 nitrogen and oxygen atoms in total. The van der Waals surface area contributed by atoms with Gasteiger partial charge in [0, 0.05) is 15.6 Å². The van der Waals surface area contributed by atoms with Crippen molar-refractivity contribution in [3.05, 3.63) is 58.1 Å². The third-order valence-corrected chi connectivity index (χ3v) is 5.31. The lowest BCUT2D eigenvalue weighted by molar-refractivity contribution is -0.157. The van der Waals surface area contributed by atoms with Gasteiger partial charge in [-0.3, -0.25) is 20.2 Å². The summed E-state index contributed by atoms with van der Waals surface area (Å²) in [7, 11) is 0. The number of esters is 1. The molecule has 180 valence electrons. The van der Waals surface area contributed by atoms with Crippen LogP contribution in [0.15, 0.2) is 42.5 Å². The molecule has 3 rings (SSSR count). The highest BCUT2D eigenvalue weighted by Crippen LogP contribution is 2.30. The van der Waals surface area contributed by atoms with Crippen molar-refractivity contribution in [3.8, 4) is 11.1 Å². The van der Waals surface area contributed by atoms with E-state index in [-0.39, 0.29) is 5.95 Å². The number of ether oxygens (including phenoxy) is 1. The summed E-state index contributed by atoms with van der Waals surface area (Å²) in [6.45, 7) is 7.00. The van der Waals surface area contributed by atoms with Crippen LogP contribution in [0.4, 0.5) is 5.95 Å². The van der Waals surface area contributed by atoms with Crippen molar-refractivity contribution in [2.45, 2.75) is 51.8 Å². The maximum atomic E-state index is 12.9. The maximum Gasteiger partial charge on any atom is 0.323 e. The van der Waals surface area contributed by atoms with Crippen molar-refractivity contribution in [2.24, 2.45) is 0 Å². The van der Waals surface area contributed by atoms with Gasteiger partial charge in [-0.15, -0.1) is 5.10 Å². The van der Waals surface area contributed by atoms with Gasteiger partial charge in [0.05, 0.1) is 6.04 Å². The topological polar surface area (TPSA) is 122 Å². The highest BCUT2D eigenvalue weighted by molar-refractivity contribution is 6.35. The van der Waals surface area contributed by atoms with Crippen LogP contribution in [0.5, 0.6) is 0 Å². The molecule has 0 bridgehead atoms. The summed E-state index contributed by atoms with van der Waals surface area (Å²) in [6, 6.07) is 11.3. The van der Waals surface area contributed by atoms with E-state index in [1.807, 2.05) is 24.3 Å². The van der Waals surface area contributed by atoms with Crippen LogP contribution >= 0.6 is 23.2 Å². The molecular formula is C23H26Cl2N6O3. The van der Waals surface area contributed by atoms with Gasteiger partial charge < -0.3 is 4.74 Å².